The molecule has 31 heavy (non-hydrogen) atoms. The first-order chi connectivity index (χ1) is 15.0. The van der Waals surface area contributed by atoms with Crippen molar-refractivity contribution in [3.8, 4) is 5.88 Å². The van der Waals surface area contributed by atoms with E-state index in [1.54, 1.807) is 47.4 Å². The molecule has 10 heteroatoms. The zero-order valence-electron chi connectivity index (χ0n) is 16.1. The van der Waals surface area contributed by atoms with Gasteiger partial charge in [-0.15, -0.1) is 5.10 Å². The quantitative estimate of drug-likeness (QED) is 0.344. The number of rotatable bonds is 7. The molecule has 1 amide bonds. The van der Waals surface area contributed by atoms with Crippen LogP contribution in [-0.4, -0.2) is 32.2 Å². The molecule has 4 rings (SSSR count). The highest BCUT2D eigenvalue weighted by molar-refractivity contribution is 6.30. The Labute approximate surface area is 181 Å². The second-order valence-corrected chi connectivity index (χ2v) is 7.06. The summed E-state index contributed by atoms with van der Waals surface area (Å²) in [4.78, 5) is 26.8. The van der Waals surface area contributed by atoms with Crippen LogP contribution in [0.2, 0.25) is 5.02 Å². The average Bonchev–Trinajstić information content (AvgIpc) is 3.11. The smallest absolute Gasteiger partial charge is 0.270 e. The van der Waals surface area contributed by atoms with E-state index in [0.717, 1.165) is 5.56 Å². The van der Waals surface area contributed by atoms with Gasteiger partial charge in [0.1, 0.15) is 0 Å². The molecule has 2 aromatic carbocycles. The topological polar surface area (TPSA) is 112 Å². The van der Waals surface area contributed by atoms with Crippen molar-refractivity contribution in [3.05, 3.63) is 87.7 Å². The number of halogens is 1. The van der Waals surface area contributed by atoms with Gasteiger partial charge in [0.15, 0.2) is 6.61 Å². The van der Waals surface area contributed by atoms with Crippen LogP contribution in [0.5, 0.6) is 5.88 Å². The van der Waals surface area contributed by atoms with Gasteiger partial charge in [-0.05, 0) is 35.9 Å². The third-order valence-electron chi connectivity index (χ3n) is 4.46. The van der Waals surface area contributed by atoms with E-state index in [4.69, 9.17) is 16.3 Å². The molecule has 0 aliphatic carbocycles. The number of nitro groups is 1. The van der Waals surface area contributed by atoms with Crippen LogP contribution in [0, 0.1) is 10.1 Å². The SMILES string of the molecule is O=C(COc1nn(Cc2ccc(Cl)cc2)c2ccc([N+](=O)[O-])cc12)Nc1ccncc1. The fourth-order valence-electron chi connectivity index (χ4n) is 3.01. The van der Waals surface area contributed by atoms with Crippen LogP contribution in [0.15, 0.2) is 67.0 Å². The van der Waals surface area contributed by atoms with Crippen LogP contribution in [0.25, 0.3) is 10.9 Å². The van der Waals surface area contributed by atoms with Crippen molar-refractivity contribution >= 4 is 39.8 Å². The van der Waals surface area contributed by atoms with E-state index in [-0.39, 0.29) is 18.2 Å². The van der Waals surface area contributed by atoms with Gasteiger partial charge in [0.25, 0.3) is 11.6 Å². The van der Waals surface area contributed by atoms with Gasteiger partial charge in [0.2, 0.25) is 5.88 Å². The van der Waals surface area contributed by atoms with Crippen molar-refractivity contribution < 1.29 is 14.5 Å². The van der Waals surface area contributed by atoms with E-state index >= 15 is 0 Å². The third-order valence-corrected chi connectivity index (χ3v) is 4.71. The molecule has 0 aliphatic heterocycles. The number of amides is 1. The molecular formula is C21H16ClN5O4. The average molecular weight is 438 g/mol. The lowest BCUT2D eigenvalue weighted by atomic mass is 10.2. The summed E-state index contributed by atoms with van der Waals surface area (Å²) in [5, 5.41) is 19.4. The van der Waals surface area contributed by atoms with Crippen molar-refractivity contribution in [1.82, 2.24) is 14.8 Å². The first-order valence-corrected chi connectivity index (χ1v) is 9.59. The minimum atomic E-state index is -0.490. The maximum Gasteiger partial charge on any atom is 0.270 e. The van der Waals surface area contributed by atoms with Gasteiger partial charge < -0.3 is 10.1 Å². The Kier molecular flexibility index (Phi) is 5.76. The molecule has 0 radical (unpaired) electrons. The number of pyridine rings is 1. The Balaban J connectivity index is 1.59. The Morgan fingerprint density at radius 1 is 1.13 bits per heavy atom. The highest BCUT2D eigenvalue weighted by Gasteiger charge is 2.17. The van der Waals surface area contributed by atoms with E-state index in [1.807, 2.05) is 12.1 Å². The molecule has 2 heterocycles. The Hall–Kier alpha value is -3.98. The van der Waals surface area contributed by atoms with Gasteiger partial charge in [-0.3, -0.25) is 24.6 Å². The molecule has 4 aromatic rings. The maximum absolute atomic E-state index is 12.2. The van der Waals surface area contributed by atoms with Gasteiger partial charge in [-0.25, -0.2) is 0 Å². The van der Waals surface area contributed by atoms with E-state index in [9.17, 15) is 14.9 Å². The lowest BCUT2D eigenvalue weighted by Gasteiger charge is -2.05. The number of nitrogens with zero attached hydrogens (tertiary/aromatic N) is 4. The Morgan fingerprint density at radius 2 is 1.87 bits per heavy atom. The molecule has 9 nitrogen and oxygen atoms in total. The lowest BCUT2D eigenvalue weighted by molar-refractivity contribution is -0.384. The molecule has 0 aliphatic rings. The lowest BCUT2D eigenvalue weighted by Crippen LogP contribution is -2.20. The van der Waals surface area contributed by atoms with Gasteiger partial charge in [0, 0.05) is 35.2 Å². The van der Waals surface area contributed by atoms with Crippen LogP contribution in [-0.2, 0) is 11.3 Å². The van der Waals surface area contributed by atoms with E-state index in [2.05, 4.69) is 15.4 Å². The summed E-state index contributed by atoms with van der Waals surface area (Å²) in [7, 11) is 0. The van der Waals surface area contributed by atoms with Crippen LogP contribution < -0.4 is 10.1 Å². The summed E-state index contributed by atoms with van der Waals surface area (Å²) >= 11 is 5.94. The second-order valence-electron chi connectivity index (χ2n) is 6.62. The van der Waals surface area contributed by atoms with Gasteiger partial charge >= 0.3 is 0 Å². The Morgan fingerprint density at radius 3 is 2.58 bits per heavy atom. The summed E-state index contributed by atoms with van der Waals surface area (Å²) in [5.41, 5.74) is 2.07. The molecule has 1 N–H and O–H groups in total. The van der Waals surface area contributed by atoms with Crippen LogP contribution in [0.1, 0.15) is 5.56 Å². The number of ether oxygens (including phenoxy) is 1. The molecule has 0 saturated heterocycles. The van der Waals surface area contributed by atoms with Crippen LogP contribution in [0.3, 0.4) is 0 Å². The number of non-ortho nitro benzene ring substituents is 1. The van der Waals surface area contributed by atoms with Crippen LogP contribution >= 0.6 is 11.6 Å². The summed E-state index contributed by atoms with van der Waals surface area (Å²) in [6.45, 7) is 0.0934. The van der Waals surface area contributed by atoms with Crippen molar-refractivity contribution in [2.24, 2.45) is 0 Å². The zero-order valence-corrected chi connectivity index (χ0v) is 16.8. The zero-order chi connectivity index (χ0) is 21.8. The fraction of sp³-hybridized carbons (Fsp3) is 0.0952. The summed E-state index contributed by atoms with van der Waals surface area (Å²) in [6.07, 6.45) is 3.11. The minimum absolute atomic E-state index is 0.0929. The molecule has 156 valence electrons. The number of carbonyl (C=O) groups excluding carboxylic acids is 1. The largest absolute Gasteiger partial charge is 0.466 e. The second kappa shape index (κ2) is 8.80. The summed E-state index contributed by atoms with van der Waals surface area (Å²) < 4.78 is 7.29. The molecular weight excluding hydrogens is 422 g/mol. The fourth-order valence-corrected chi connectivity index (χ4v) is 3.13. The predicted molar refractivity (Wildman–Crippen MR) is 115 cm³/mol. The highest BCUT2D eigenvalue weighted by atomic mass is 35.5. The summed E-state index contributed by atoms with van der Waals surface area (Å²) in [6, 6.07) is 15.0. The number of carbonyl (C=O) groups is 1. The molecule has 0 bridgehead atoms. The Bertz CT molecular complexity index is 1240. The molecule has 0 fully saturated rings. The van der Waals surface area contributed by atoms with Gasteiger partial charge in [-0.2, -0.15) is 0 Å². The standard InChI is InChI=1S/C21H16ClN5O4/c22-15-3-1-14(2-4-15)12-26-19-6-5-17(27(29)30)11-18(19)21(25-26)31-13-20(28)24-16-7-9-23-10-8-16/h1-11H,12-13H2,(H,23,24,28). The van der Waals surface area contributed by atoms with E-state index in [1.165, 1.54) is 12.1 Å². The van der Waals surface area contributed by atoms with E-state index < -0.39 is 10.8 Å². The monoisotopic (exact) mass is 437 g/mol. The molecule has 0 spiro atoms. The molecule has 0 atom stereocenters. The molecule has 0 unspecified atom stereocenters. The number of aromatic nitrogens is 3. The number of nitrogens with one attached hydrogen (secondary N) is 1. The molecule has 0 saturated carbocycles. The van der Waals surface area contributed by atoms with Crippen molar-refractivity contribution in [1.29, 1.82) is 0 Å². The third kappa shape index (κ3) is 4.78. The maximum atomic E-state index is 12.2. The number of benzene rings is 2. The minimum Gasteiger partial charge on any atom is -0.466 e. The number of hydrogen-bond donors (Lipinski definition) is 1. The number of fused-ring (bicyclic) bond motifs is 1. The van der Waals surface area contributed by atoms with Crippen molar-refractivity contribution in [2.45, 2.75) is 6.54 Å². The first-order valence-electron chi connectivity index (χ1n) is 9.22. The number of anilines is 1. The number of hydrogen-bond acceptors (Lipinski definition) is 6. The van der Waals surface area contributed by atoms with Gasteiger partial charge in [-0.1, -0.05) is 23.7 Å². The normalized spacial score (nSPS) is 10.7. The van der Waals surface area contributed by atoms with Crippen molar-refractivity contribution in [2.75, 3.05) is 11.9 Å². The predicted octanol–water partition coefficient (Wildman–Crippen LogP) is 4.06. The molecule has 2 aromatic heterocycles. The van der Waals surface area contributed by atoms with Crippen LogP contribution in [0.4, 0.5) is 11.4 Å². The highest BCUT2D eigenvalue weighted by Crippen LogP contribution is 2.29. The summed E-state index contributed by atoms with van der Waals surface area (Å²) in [5.74, 6) is -0.255. The van der Waals surface area contributed by atoms with Gasteiger partial charge in [0.05, 0.1) is 22.4 Å². The number of nitro benzene ring substituents is 1. The van der Waals surface area contributed by atoms with Crippen molar-refractivity contribution in [3.63, 3.8) is 0 Å². The first kappa shape index (κ1) is 20.3. The van der Waals surface area contributed by atoms with E-state index in [0.29, 0.717) is 28.2 Å².